The van der Waals surface area contributed by atoms with Gasteiger partial charge in [0.25, 0.3) is 5.91 Å². The molecule has 0 bridgehead atoms. The lowest BCUT2D eigenvalue weighted by molar-refractivity contribution is 0.0796. The number of amides is 1. The number of ether oxygens (including phenoxy) is 1. The van der Waals surface area contributed by atoms with Gasteiger partial charge >= 0.3 is 0 Å². The molecule has 0 saturated carbocycles. The Morgan fingerprint density at radius 3 is 2.52 bits per heavy atom. The average molecular weight is 302 g/mol. The van der Waals surface area contributed by atoms with E-state index >= 15 is 0 Å². The van der Waals surface area contributed by atoms with Gasteiger partial charge in [-0.25, -0.2) is 4.98 Å². The van der Waals surface area contributed by atoms with Crippen molar-refractivity contribution in [2.45, 2.75) is 19.8 Å². The van der Waals surface area contributed by atoms with Crippen molar-refractivity contribution >= 4 is 17.2 Å². The number of carbonyl (C=O) groups excluding carboxylic acids is 1. The van der Waals surface area contributed by atoms with Crippen molar-refractivity contribution in [2.24, 2.45) is 0 Å². The van der Waals surface area contributed by atoms with Crippen LogP contribution in [0.4, 0.5) is 0 Å². The van der Waals surface area contributed by atoms with Gasteiger partial charge in [-0.3, -0.25) is 4.79 Å². The van der Waals surface area contributed by atoms with Gasteiger partial charge in [0.15, 0.2) is 0 Å². The van der Waals surface area contributed by atoms with Crippen molar-refractivity contribution in [3.63, 3.8) is 0 Å². The monoisotopic (exact) mass is 302 g/mol. The molecule has 1 saturated heterocycles. The number of hydrogen-bond donors (Lipinski definition) is 0. The van der Waals surface area contributed by atoms with Crippen molar-refractivity contribution in [3.8, 4) is 16.3 Å². The first-order valence-electron chi connectivity index (χ1n) is 7.10. The second-order valence-corrected chi connectivity index (χ2v) is 6.16. The van der Waals surface area contributed by atoms with Gasteiger partial charge in [0.2, 0.25) is 0 Å². The molecule has 3 rings (SSSR count). The molecule has 1 fully saturated rings. The number of carbonyl (C=O) groups is 1. The van der Waals surface area contributed by atoms with Gasteiger partial charge in [-0.05, 0) is 44.0 Å². The molecule has 1 aliphatic heterocycles. The van der Waals surface area contributed by atoms with Crippen LogP contribution in [0, 0.1) is 6.92 Å². The van der Waals surface area contributed by atoms with E-state index in [2.05, 4.69) is 4.98 Å². The molecular weight excluding hydrogens is 284 g/mol. The van der Waals surface area contributed by atoms with Crippen LogP contribution in [-0.4, -0.2) is 36.0 Å². The second kappa shape index (κ2) is 5.85. The smallest absolute Gasteiger partial charge is 0.265 e. The minimum Gasteiger partial charge on any atom is -0.497 e. The summed E-state index contributed by atoms with van der Waals surface area (Å²) < 4.78 is 5.16. The highest BCUT2D eigenvalue weighted by Crippen LogP contribution is 2.30. The number of likely N-dealkylation sites (tertiary alicyclic amines) is 1. The Morgan fingerprint density at radius 2 is 1.90 bits per heavy atom. The van der Waals surface area contributed by atoms with Crippen LogP contribution >= 0.6 is 11.3 Å². The molecule has 21 heavy (non-hydrogen) atoms. The molecule has 2 heterocycles. The Bertz CT molecular complexity index is 643. The Hall–Kier alpha value is -1.88. The van der Waals surface area contributed by atoms with Crippen molar-refractivity contribution in [2.75, 3.05) is 20.2 Å². The summed E-state index contributed by atoms with van der Waals surface area (Å²) in [6.45, 7) is 3.65. The third kappa shape index (κ3) is 2.78. The summed E-state index contributed by atoms with van der Waals surface area (Å²) in [5.41, 5.74) is 1.84. The van der Waals surface area contributed by atoms with Gasteiger partial charge in [0.05, 0.1) is 12.8 Å². The molecule has 0 aliphatic carbocycles. The van der Waals surface area contributed by atoms with Crippen LogP contribution in [0.5, 0.6) is 5.75 Å². The van der Waals surface area contributed by atoms with Gasteiger partial charge in [-0.2, -0.15) is 0 Å². The van der Waals surface area contributed by atoms with Gasteiger partial charge < -0.3 is 9.64 Å². The van der Waals surface area contributed by atoms with Crippen LogP contribution in [0.2, 0.25) is 0 Å². The van der Waals surface area contributed by atoms with E-state index in [1.807, 2.05) is 36.1 Å². The predicted octanol–water partition coefficient (Wildman–Crippen LogP) is 3.36. The van der Waals surface area contributed by atoms with Crippen molar-refractivity contribution < 1.29 is 9.53 Å². The number of thiazole rings is 1. The number of aromatic nitrogens is 1. The summed E-state index contributed by atoms with van der Waals surface area (Å²) in [4.78, 5) is 19.7. The summed E-state index contributed by atoms with van der Waals surface area (Å²) in [6.07, 6.45) is 2.21. The summed E-state index contributed by atoms with van der Waals surface area (Å²) in [5.74, 6) is 0.947. The maximum absolute atomic E-state index is 12.5. The van der Waals surface area contributed by atoms with Crippen molar-refractivity contribution in [3.05, 3.63) is 34.8 Å². The third-order valence-corrected chi connectivity index (χ3v) is 4.92. The van der Waals surface area contributed by atoms with E-state index in [1.165, 1.54) is 11.3 Å². The lowest BCUT2D eigenvalue weighted by Gasteiger charge is -2.13. The molecule has 1 aromatic heterocycles. The van der Waals surface area contributed by atoms with E-state index in [4.69, 9.17) is 4.74 Å². The van der Waals surface area contributed by atoms with Crippen molar-refractivity contribution in [1.29, 1.82) is 0 Å². The third-order valence-electron chi connectivity index (χ3n) is 3.72. The fourth-order valence-corrected chi connectivity index (χ4v) is 3.56. The molecule has 0 spiro atoms. The molecule has 4 nitrogen and oxygen atoms in total. The zero-order valence-corrected chi connectivity index (χ0v) is 13.1. The maximum Gasteiger partial charge on any atom is 0.265 e. The van der Waals surface area contributed by atoms with Crippen LogP contribution in [0.25, 0.3) is 10.6 Å². The van der Waals surface area contributed by atoms with Gasteiger partial charge in [0, 0.05) is 18.7 Å². The molecule has 5 heteroatoms. The van der Waals surface area contributed by atoms with Gasteiger partial charge in [-0.15, -0.1) is 11.3 Å². The average Bonchev–Trinajstić information content (AvgIpc) is 3.16. The predicted molar refractivity (Wildman–Crippen MR) is 84.0 cm³/mol. The molecule has 110 valence electrons. The van der Waals surface area contributed by atoms with E-state index in [9.17, 15) is 4.79 Å². The summed E-state index contributed by atoms with van der Waals surface area (Å²) in [6, 6.07) is 7.77. The first-order chi connectivity index (χ1) is 10.2. The number of hydrogen-bond acceptors (Lipinski definition) is 4. The van der Waals surface area contributed by atoms with Crippen LogP contribution in [0.1, 0.15) is 28.2 Å². The molecule has 0 radical (unpaired) electrons. The Morgan fingerprint density at radius 1 is 1.24 bits per heavy atom. The van der Waals surface area contributed by atoms with E-state index in [0.717, 1.165) is 52.8 Å². The van der Waals surface area contributed by atoms with Crippen LogP contribution in [0.15, 0.2) is 24.3 Å². The quantitative estimate of drug-likeness (QED) is 0.873. The Labute approximate surface area is 128 Å². The standard InChI is InChI=1S/C16H18N2O2S/c1-11-14(16(19)18-9-3-4-10-18)21-15(17-11)12-5-7-13(20-2)8-6-12/h5-8H,3-4,9-10H2,1-2H3. The number of nitrogens with zero attached hydrogens (tertiary/aromatic N) is 2. The molecular formula is C16H18N2O2S. The number of methoxy groups -OCH3 is 1. The molecule has 0 atom stereocenters. The molecule has 0 unspecified atom stereocenters. The highest BCUT2D eigenvalue weighted by molar-refractivity contribution is 7.17. The fraction of sp³-hybridized carbons (Fsp3) is 0.375. The largest absolute Gasteiger partial charge is 0.497 e. The minimum absolute atomic E-state index is 0.127. The SMILES string of the molecule is COc1ccc(-c2nc(C)c(C(=O)N3CCCC3)s2)cc1. The Balaban J connectivity index is 1.87. The zero-order chi connectivity index (χ0) is 14.8. The van der Waals surface area contributed by atoms with Gasteiger partial charge in [0.1, 0.15) is 15.6 Å². The lowest BCUT2D eigenvalue weighted by atomic mass is 10.2. The normalized spacial score (nSPS) is 14.5. The topological polar surface area (TPSA) is 42.4 Å². The number of benzene rings is 1. The van der Waals surface area contributed by atoms with E-state index in [-0.39, 0.29) is 5.91 Å². The molecule has 0 N–H and O–H groups in total. The fourth-order valence-electron chi connectivity index (χ4n) is 2.52. The van der Waals surface area contributed by atoms with E-state index < -0.39 is 0 Å². The van der Waals surface area contributed by atoms with E-state index in [1.54, 1.807) is 7.11 Å². The summed E-state index contributed by atoms with van der Waals surface area (Å²) in [7, 11) is 1.65. The summed E-state index contributed by atoms with van der Waals surface area (Å²) in [5, 5.41) is 0.887. The first-order valence-corrected chi connectivity index (χ1v) is 7.92. The second-order valence-electron chi connectivity index (χ2n) is 5.16. The first kappa shape index (κ1) is 14.1. The minimum atomic E-state index is 0.127. The van der Waals surface area contributed by atoms with Crippen LogP contribution in [-0.2, 0) is 0 Å². The summed E-state index contributed by atoms with van der Waals surface area (Å²) >= 11 is 1.48. The van der Waals surface area contributed by atoms with Crippen molar-refractivity contribution in [1.82, 2.24) is 9.88 Å². The van der Waals surface area contributed by atoms with Gasteiger partial charge in [-0.1, -0.05) is 0 Å². The highest BCUT2D eigenvalue weighted by atomic mass is 32.1. The number of aryl methyl sites for hydroxylation is 1. The lowest BCUT2D eigenvalue weighted by Crippen LogP contribution is -2.27. The molecule has 1 aliphatic rings. The van der Waals surface area contributed by atoms with E-state index in [0.29, 0.717) is 0 Å². The molecule has 1 amide bonds. The van der Waals surface area contributed by atoms with Crippen LogP contribution < -0.4 is 4.74 Å². The maximum atomic E-state index is 12.5. The van der Waals surface area contributed by atoms with Crippen LogP contribution in [0.3, 0.4) is 0 Å². The Kier molecular flexibility index (Phi) is 3.92. The highest BCUT2D eigenvalue weighted by Gasteiger charge is 2.24. The number of rotatable bonds is 3. The molecule has 1 aromatic carbocycles. The zero-order valence-electron chi connectivity index (χ0n) is 12.3. The molecule has 2 aromatic rings.